The van der Waals surface area contributed by atoms with E-state index < -0.39 is 0 Å². The van der Waals surface area contributed by atoms with Crippen molar-refractivity contribution >= 4 is 28.7 Å². The van der Waals surface area contributed by atoms with Crippen molar-refractivity contribution in [3.63, 3.8) is 0 Å². The number of carbonyl (C=O) groups is 1. The molecule has 0 aliphatic carbocycles. The van der Waals surface area contributed by atoms with Gasteiger partial charge in [-0.05, 0) is 24.6 Å². The lowest BCUT2D eigenvalue weighted by Gasteiger charge is -2.26. The molecule has 4 rings (SSSR count). The SMILES string of the molecule is O=C(c1ccc2nccnc2c1)N1CC2CC1CS2. The van der Waals surface area contributed by atoms with Crippen LogP contribution in [-0.4, -0.2) is 44.4 Å². The van der Waals surface area contributed by atoms with E-state index >= 15 is 0 Å². The monoisotopic (exact) mass is 271 g/mol. The molecule has 0 saturated carbocycles. The fraction of sp³-hybridized carbons (Fsp3) is 0.357. The van der Waals surface area contributed by atoms with Gasteiger partial charge < -0.3 is 4.90 Å². The number of amides is 1. The van der Waals surface area contributed by atoms with Crippen molar-refractivity contribution in [2.75, 3.05) is 12.3 Å². The van der Waals surface area contributed by atoms with E-state index in [1.807, 2.05) is 34.9 Å². The van der Waals surface area contributed by atoms with Crippen LogP contribution in [0, 0.1) is 0 Å². The van der Waals surface area contributed by atoms with Crippen LogP contribution >= 0.6 is 11.8 Å². The summed E-state index contributed by atoms with van der Waals surface area (Å²) >= 11 is 1.99. The van der Waals surface area contributed by atoms with E-state index in [1.165, 1.54) is 0 Å². The van der Waals surface area contributed by atoms with Crippen LogP contribution in [0.3, 0.4) is 0 Å². The van der Waals surface area contributed by atoms with Gasteiger partial charge in [0.25, 0.3) is 5.91 Å². The molecule has 2 bridgehead atoms. The van der Waals surface area contributed by atoms with Crippen LogP contribution in [0.5, 0.6) is 0 Å². The van der Waals surface area contributed by atoms with Crippen LogP contribution < -0.4 is 0 Å². The largest absolute Gasteiger partial charge is 0.334 e. The number of likely N-dealkylation sites (tertiary alicyclic amines) is 1. The van der Waals surface area contributed by atoms with Crippen molar-refractivity contribution in [3.05, 3.63) is 36.2 Å². The Morgan fingerprint density at radius 2 is 2.11 bits per heavy atom. The lowest BCUT2D eigenvalue weighted by atomic mass is 10.1. The van der Waals surface area contributed by atoms with Crippen LogP contribution in [0.4, 0.5) is 0 Å². The molecule has 96 valence electrons. The zero-order chi connectivity index (χ0) is 12.8. The molecule has 2 aliphatic heterocycles. The number of hydrogen-bond acceptors (Lipinski definition) is 4. The minimum atomic E-state index is 0.139. The third-order valence-corrected chi connectivity index (χ3v) is 5.27. The molecular weight excluding hydrogens is 258 g/mol. The number of thioether (sulfide) groups is 1. The summed E-state index contributed by atoms with van der Waals surface area (Å²) in [6, 6.07) is 6.01. The first-order valence-corrected chi connectivity index (χ1v) is 7.49. The van der Waals surface area contributed by atoms with Crippen LogP contribution in [0.15, 0.2) is 30.6 Å². The van der Waals surface area contributed by atoms with Gasteiger partial charge in [0, 0.05) is 41.5 Å². The fourth-order valence-corrected chi connectivity index (χ4v) is 4.35. The summed E-state index contributed by atoms with van der Waals surface area (Å²) in [7, 11) is 0. The van der Waals surface area contributed by atoms with Crippen LogP contribution in [0.1, 0.15) is 16.8 Å². The normalized spacial score (nSPS) is 25.2. The third-order valence-electron chi connectivity index (χ3n) is 3.88. The van der Waals surface area contributed by atoms with Gasteiger partial charge in [-0.2, -0.15) is 11.8 Å². The van der Waals surface area contributed by atoms with E-state index in [2.05, 4.69) is 9.97 Å². The first kappa shape index (κ1) is 11.2. The number of benzene rings is 1. The summed E-state index contributed by atoms with van der Waals surface area (Å²) in [5, 5.41) is 0.647. The van der Waals surface area contributed by atoms with Crippen molar-refractivity contribution in [1.82, 2.24) is 14.9 Å². The Labute approximate surface area is 115 Å². The fourth-order valence-electron chi connectivity index (χ4n) is 2.91. The maximum absolute atomic E-state index is 12.5. The Balaban J connectivity index is 1.68. The van der Waals surface area contributed by atoms with E-state index in [0.29, 0.717) is 11.3 Å². The highest BCUT2D eigenvalue weighted by atomic mass is 32.2. The van der Waals surface area contributed by atoms with Crippen molar-refractivity contribution < 1.29 is 4.79 Å². The van der Waals surface area contributed by atoms with Gasteiger partial charge in [-0.15, -0.1) is 0 Å². The molecule has 1 amide bonds. The average Bonchev–Trinajstić information content (AvgIpc) is 3.08. The Kier molecular flexibility index (Phi) is 2.48. The molecule has 2 saturated heterocycles. The average molecular weight is 271 g/mol. The second-order valence-corrected chi connectivity index (χ2v) is 6.40. The summed E-state index contributed by atoms with van der Waals surface area (Å²) < 4.78 is 0. The smallest absolute Gasteiger partial charge is 0.254 e. The topological polar surface area (TPSA) is 46.1 Å². The van der Waals surface area contributed by atoms with Gasteiger partial charge in [-0.25, -0.2) is 0 Å². The zero-order valence-electron chi connectivity index (χ0n) is 10.3. The van der Waals surface area contributed by atoms with Crippen molar-refractivity contribution in [2.24, 2.45) is 0 Å². The van der Waals surface area contributed by atoms with E-state index in [9.17, 15) is 4.79 Å². The number of carbonyl (C=O) groups excluding carboxylic acids is 1. The molecule has 1 aromatic heterocycles. The quantitative estimate of drug-likeness (QED) is 0.795. The summed E-state index contributed by atoms with van der Waals surface area (Å²) in [5.74, 6) is 1.23. The molecule has 19 heavy (non-hydrogen) atoms. The summed E-state index contributed by atoms with van der Waals surface area (Å²) in [6.07, 6.45) is 4.48. The van der Waals surface area contributed by atoms with Gasteiger partial charge in [0.1, 0.15) is 0 Å². The molecule has 2 aromatic rings. The molecule has 2 unspecified atom stereocenters. The van der Waals surface area contributed by atoms with Crippen molar-refractivity contribution in [3.8, 4) is 0 Å². The summed E-state index contributed by atoms with van der Waals surface area (Å²) in [5.41, 5.74) is 2.34. The highest BCUT2D eigenvalue weighted by molar-refractivity contribution is 8.00. The summed E-state index contributed by atoms with van der Waals surface area (Å²) in [4.78, 5) is 23.1. The lowest BCUT2D eigenvalue weighted by Crippen LogP contribution is -2.39. The number of fused-ring (bicyclic) bond motifs is 3. The van der Waals surface area contributed by atoms with E-state index in [4.69, 9.17) is 0 Å². The molecule has 2 aliphatic rings. The number of nitrogens with zero attached hydrogens (tertiary/aromatic N) is 3. The molecule has 3 heterocycles. The molecule has 0 spiro atoms. The highest BCUT2D eigenvalue weighted by Gasteiger charge is 2.41. The van der Waals surface area contributed by atoms with Crippen LogP contribution in [-0.2, 0) is 0 Å². The van der Waals surface area contributed by atoms with E-state index in [1.54, 1.807) is 12.4 Å². The molecule has 1 aromatic carbocycles. The minimum Gasteiger partial charge on any atom is -0.334 e. The molecule has 0 radical (unpaired) electrons. The van der Waals surface area contributed by atoms with Crippen molar-refractivity contribution in [2.45, 2.75) is 17.7 Å². The second kappa shape index (κ2) is 4.20. The predicted octanol–water partition coefficient (Wildman–Crippen LogP) is 1.96. The third kappa shape index (κ3) is 1.80. The predicted molar refractivity (Wildman–Crippen MR) is 75.2 cm³/mol. The molecular formula is C14H13N3OS. The maximum atomic E-state index is 12.5. The number of rotatable bonds is 1. The molecule has 2 atom stereocenters. The molecule has 4 nitrogen and oxygen atoms in total. The Morgan fingerprint density at radius 3 is 2.84 bits per heavy atom. The molecule has 2 fully saturated rings. The van der Waals surface area contributed by atoms with Gasteiger partial charge in [-0.3, -0.25) is 14.8 Å². The van der Waals surface area contributed by atoms with Gasteiger partial charge in [0.05, 0.1) is 11.0 Å². The van der Waals surface area contributed by atoms with Gasteiger partial charge in [-0.1, -0.05) is 0 Å². The van der Waals surface area contributed by atoms with Gasteiger partial charge >= 0.3 is 0 Å². The first-order chi connectivity index (χ1) is 9.31. The lowest BCUT2D eigenvalue weighted by molar-refractivity contribution is 0.0747. The van der Waals surface area contributed by atoms with Crippen LogP contribution in [0.2, 0.25) is 0 Å². The standard InChI is InChI=1S/C14H13N3OS/c18-14(17-7-11-6-10(17)8-19-11)9-1-2-12-13(5-9)16-4-3-15-12/h1-5,10-11H,6-8H2. The Bertz CT molecular complexity index is 660. The molecule has 5 heteroatoms. The number of hydrogen-bond donors (Lipinski definition) is 0. The highest BCUT2D eigenvalue weighted by Crippen LogP contribution is 2.38. The van der Waals surface area contributed by atoms with Gasteiger partial charge in [0.15, 0.2) is 0 Å². The Hall–Kier alpha value is -1.62. The molecule has 0 N–H and O–H groups in total. The maximum Gasteiger partial charge on any atom is 0.254 e. The van der Waals surface area contributed by atoms with E-state index in [0.717, 1.165) is 35.3 Å². The number of aromatic nitrogens is 2. The zero-order valence-corrected chi connectivity index (χ0v) is 11.1. The van der Waals surface area contributed by atoms with E-state index in [-0.39, 0.29) is 5.91 Å². The van der Waals surface area contributed by atoms with Crippen LogP contribution in [0.25, 0.3) is 11.0 Å². The van der Waals surface area contributed by atoms with Crippen molar-refractivity contribution in [1.29, 1.82) is 0 Å². The van der Waals surface area contributed by atoms with Gasteiger partial charge in [0.2, 0.25) is 0 Å². The second-order valence-electron chi connectivity index (χ2n) is 5.06. The minimum absolute atomic E-state index is 0.139. The summed E-state index contributed by atoms with van der Waals surface area (Å²) in [6.45, 7) is 0.896. The Morgan fingerprint density at radius 1 is 1.26 bits per heavy atom. The first-order valence-electron chi connectivity index (χ1n) is 6.44.